The summed E-state index contributed by atoms with van der Waals surface area (Å²) in [4.78, 5) is 0. The highest BCUT2D eigenvalue weighted by atomic mass is 16.6. The Labute approximate surface area is 137 Å². The zero-order valence-corrected chi connectivity index (χ0v) is 12.5. The lowest BCUT2D eigenvalue weighted by atomic mass is 10.1. The van der Waals surface area contributed by atoms with Gasteiger partial charge in [-0.2, -0.15) is 0 Å². The number of rotatable bonds is 3. The highest BCUT2D eigenvalue weighted by molar-refractivity contribution is 5.96. The first-order chi connectivity index (χ1) is 11.8. The average molecular weight is 316 g/mol. The third-order valence-electron chi connectivity index (χ3n) is 3.65. The second-order valence-electron chi connectivity index (χ2n) is 5.15. The van der Waals surface area contributed by atoms with Gasteiger partial charge in [0.1, 0.15) is 5.75 Å². The van der Waals surface area contributed by atoms with Crippen LogP contribution in [0, 0.1) is 0 Å². The van der Waals surface area contributed by atoms with Crippen LogP contribution in [-0.2, 0) is 0 Å². The first kappa shape index (κ1) is 14.1. The maximum Gasteiger partial charge on any atom is 0.245 e. The second kappa shape index (κ2) is 5.92. The van der Waals surface area contributed by atoms with E-state index in [-0.39, 0.29) is 5.75 Å². The summed E-state index contributed by atoms with van der Waals surface area (Å²) in [7, 11) is 0. The second-order valence-corrected chi connectivity index (χ2v) is 5.15. The fraction of sp³-hybridized carbons (Fsp3) is 0. The summed E-state index contributed by atoms with van der Waals surface area (Å²) in [5.74, 6) is 0.510. The van der Waals surface area contributed by atoms with Crippen LogP contribution in [-0.4, -0.2) is 15.4 Å². The zero-order chi connectivity index (χ0) is 16.4. The number of hydrogen-bond acceptors (Lipinski definition) is 6. The van der Waals surface area contributed by atoms with Crippen LogP contribution in [0.2, 0.25) is 0 Å². The highest BCUT2D eigenvalue weighted by Gasteiger charge is 2.12. The van der Waals surface area contributed by atoms with Crippen molar-refractivity contribution in [3.8, 4) is 17.0 Å². The summed E-state index contributed by atoms with van der Waals surface area (Å²) in [6.07, 6.45) is 0. The largest absolute Gasteiger partial charge is 0.507 e. The van der Waals surface area contributed by atoms with Crippen LogP contribution in [0.3, 0.4) is 0 Å². The molecular weight excluding hydrogens is 304 g/mol. The van der Waals surface area contributed by atoms with Gasteiger partial charge in [0.2, 0.25) is 5.82 Å². The molecule has 1 N–H and O–H groups in total. The van der Waals surface area contributed by atoms with E-state index in [2.05, 4.69) is 20.5 Å². The lowest BCUT2D eigenvalue weighted by molar-refractivity contribution is 0.309. The molecule has 0 saturated carbocycles. The van der Waals surface area contributed by atoms with E-state index in [9.17, 15) is 5.11 Å². The summed E-state index contributed by atoms with van der Waals surface area (Å²) in [6, 6.07) is 20.3. The van der Waals surface area contributed by atoms with Crippen LogP contribution in [0.1, 0.15) is 0 Å². The Morgan fingerprint density at radius 2 is 1.50 bits per heavy atom. The summed E-state index contributed by atoms with van der Waals surface area (Å²) in [6.45, 7) is 0. The highest BCUT2D eigenvalue weighted by Crippen LogP contribution is 2.34. The molecule has 6 nitrogen and oxygen atoms in total. The standard InChI is InChI=1S/C18H12N4O2/c23-16-11-10-15(13-8-4-5-9-14(13)16)19-20-18-17(21-24-22-18)12-6-2-1-3-7-12/h1-11,23H. The molecule has 1 heterocycles. The summed E-state index contributed by atoms with van der Waals surface area (Å²) in [5.41, 5.74) is 2.01. The number of benzene rings is 3. The average Bonchev–Trinajstić information content (AvgIpc) is 3.11. The van der Waals surface area contributed by atoms with E-state index < -0.39 is 0 Å². The molecule has 0 aliphatic carbocycles. The fourth-order valence-electron chi connectivity index (χ4n) is 2.48. The van der Waals surface area contributed by atoms with Gasteiger partial charge in [0, 0.05) is 16.3 Å². The molecule has 4 aromatic rings. The molecule has 4 rings (SSSR count). The smallest absolute Gasteiger partial charge is 0.245 e. The van der Waals surface area contributed by atoms with Crippen LogP contribution in [0.25, 0.3) is 22.0 Å². The third kappa shape index (κ3) is 2.50. The van der Waals surface area contributed by atoms with Gasteiger partial charge in [0.25, 0.3) is 0 Å². The van der Waals surface area contributed by atoms with Crippen molar-refractivity contribution >= 4 is 22.3 Å². The number of azo groups is 1. The van der Waals surface area contributed by atoms with Gasteiger partial charge >= 0.3 is 0 Å². The molecule has 0 radical (unpaired) electrons. The van der Waals surface area contributed by atoms with Crippen molar-refractivity contribution in [2.24, 2.45) is 10.2 Å². The Kier molecular flexibility index (Phi) is 3.47. The zero-order valence-electron chi connectivity index (χ0n) is 12.5. The maximum atomic E-state index is 9.93. The maximum absolute atomic E-state index is 9.93. The van der Waals surface area contributed by atoms with E-state index in [1.54, 1.807) is 12.1 Å². The minimum Gasteiger partial charge on any atom is -0.507 e. The van der Waals surface area contributed by atoms with E-state index in [1.165, 1.54) is 0 Å². The molecule has 1 aromatic heterocycles. The molecule has 0 fully saturated rings. The van der Waals surface area contributed by atoms with Crippen molar-refractivity contribution in [3.63, 3.8) is 0 Å². The Bertz CT molecular complexity index is 1030. The quantitative estimate of drug-likeness (QED) is 0.538. The van der Waals surface area contributed by atoms with Gasteiger partial charge in [0.05, 0.1) is 5.69 Å². The molecule has 0 amide bonds. The van der Waals surface area contributed by atoms with Crippen molar-refractivity contribution in [3.05, 3.63) is 66.7 Å². The molecule has 6 heteroatoms. The van der Waals surface area contributed by atoms with E-state index in [4.69, 9.17) is 4.63 Å². The van der Waals surface area contributed by atoms with Crippen LogP contribution in [0.4, 0.5) is 11.5 Å². The van der Waals surface area contributed by atoms with Gasteiger partial charge in [-0.05, 0) is 22.4 Å². The van der Waals surface area contributed by atoms with E-state index >= 15 is 0 Å². The van der Waals surface area contributed by atoms with E-state index in [0.717, 1.165) is 16.3 Å². The summed E-state index contributed by atoms with van der Waals surface area (Å²) in [5, 5.41) is 27.6. The van der Waals surface area contributed by atoms with Crippen molar-refractivity contribution in [1.29, 1.82) is 0 Å². The Morgan fingerprint density at radius 1 is 0.750 bits per heavy atom. The molecule has 0 bridgehead atoms. The normalized spacial score (nSPS) is 11.3. The number of phenols is 1. The van der Waals surface area contributed by atoms with Crippen LogP contribution in [0.5, 0.6) is 5.75 Å². The van der Waals surface area contributed by atoms with Gasteiger partial charge in [-0.15, -0.1) is 10.2 Å². The fourth-order valence-corrected chi connectivity index (χ4v) is 2.48. The van der Waals surface area contributed by atoms with E-state index in [0.29, 0.717) is 17.2 Å². The molecule has 0 saturated heterocycles. The molecule has 0 unspecified atom stereocenters. The number of hydrogen-bond donors (Lipinski definition) is 1. The molecule has 24 heavy (non-hydrogen) atoms. The molecule has 116 valence electrons. The molecule has 0 aliphatic rings. The van der Waals surface area contributed by atoms with Crippen LogP contribution < -0.4 is 0 Å². The third-order valence-corrected chi connectivity index (χ3v) is 3.65. The van der Waals surface area contributed by atoms with Gasteiger partial charge < -0.3 is 5.11 Å². The topological polar surface area (TPSA) is 83.9 Å². The molecule has 0 spiro atoms. The predicted octanol–water partition coefficient (Wildman–Crippen LogP) is 5.01. The van der Waals surface area contributed by atoms with Crippen LogP contribution in [0.15, 0.2) is 81.6 Å². The minimum atomic E-state index is 0.206. The Hall–Kier alpha value is -3.54. The van der Waals surface area contributed by atoms with Crippen LogP contribution >= 0.6 is 0 Å². The minimum absolute atomic E-state index is 0.206. The molecule has 3 aromatic carbocycles. The Balaban J connectivity index is 1.75. The van der Waals surface area contributed by atoms with Crippen molar-refractivity contribution in [2.75, 3.05) is 0 Å². The van der Waals surface area contributed by atoms with Crippen molar-refractivity contribution in [2.45, 2.75) is 0 Å². The van der Waals surface area contributed by atoms with Crippen molar-refractivity contribution < 1.29 is 9.74 Å². The SMILES string of the molecule is Oc1ccc(N=Nc2nonc2-c2ccccc2)c2ccccc12. The number of nitrogens with zero attached hydrogens (tertiary/aromatic N) is 4. The number of aromatic hydroxyl groups is 1. The first-order valence-electron chi connectivity index (χ1n) is 7.33. The first-order valence-corrected chi connectivity index (χ1v) is 7.33. The molecule has 0 aliphatic heterocycles. The summed E-state index contributed by atoms with van der Waals surface area (Å²) >= 11 is 0. The summed E-state index contributed by atoms with van der Waals surface area (Å²) < 4.78 is 4.80. The monoisotopic (exact) mass is 316 g/mol. The number of aromatic nitrogens is 2. The van der Waals surface area contributed by atoms with Gasteiger partial charge in [-0.25, -0.2) is 4.63 Å². The lowest BCUT2D eigenvalue weighted by Gasteiger charge is -2.02. The molecule has 0 atom stereocenters. The van der Waals surface area contributed by atoms with Gasteiger partial charge in [0.15, 0.2) is 5.69 Å². The van der Waals surface area contributed by atoms with Gasteiger partial charge in [-0.3, -0.25) is 0 Å². The van der Waals surface area contributed by atoms with Crippen molar-refractivity contribution in [1.82, 2.24) is 10.3 Å². The van der Waals surface area contributed by atoms with Gasteiger partial charge in [-0.1, -0.05) is 54.6 Å². The molecular formula is C18H12N4O2. The predicted molar refractivity (Wildman–Crippen MR) is 89.5 cm³/mol. The Morgan fingerprint density at radius 3 is 2.33 bits per heavy atom. The number of fused-ring (bicyclic) bond motifs is 1. The van der Waals surface area contributed by atoms with E-state index in [1.807, 2.05) is 54.6 Å². The lowest BCUT2D eigenvalue weighted by Crippen LogP contribution is -1.77. The number of phenolic OH excluding ortho intramolecular Hbond substituents is 1.